The summed E-state index contributed by atoms with van der Waals surface area (Å²) in [6.07, 6.45) is 5.61. The van der Waals surface area contributed by atoms with Gasteiger partial charge in [-0.25, -0.2) is 4.39 Å². The first-order valence-corrected chi connectivity index (χ1v) is 7.48. The van der Waals surface area contributed by atoms with Crippen molar-refractivity contribution in [1.29, 1.82) is 0 Å². The van der Waals surface area contributed by atoms with Gasteiger partial charge in [0.1, 0.15) is 5.82 Å². The SMILES string of the molecule is CCCN(CCC)C(=O)C1=Cc2c(F)cccc2N=CC1. The monoisotopic (exact) mass is 288 g/mol. The van der Waals surface area contributed by atoms with E-state index in [1.165, 1.54) is 6.07 Å². The third kappa shape index (κ3) is 3.57. The molecule has 0 aromatic heterocycles. The van der Waals surface area contributed by atoms with Crippen molar-refractivity contribution >= 4 is 23.9 Å². The quantitative estimate of drug-likeness (QED) is 0.807. The van der Waals surface area contributed by atoms with Crippen LogP contribution in [-0.4, -0.2) is 30.1 Å². The molecule has 1 aromatic rings. The number of hydrogen-bond acceptors (Lipinski definition) is 2. The van der Waals surface area contributed by atoms with E-state index in [4.69, 9.17) is 0 Å². The van der Waals surface area contributed by atoms with E-state index in [0.717, 1.165) is 25.9 Å². The molecule has 3 nitrogen and oxygen atoms in total. The summed E-state index contributed by atoms with van der Waals surface area (Å²) in [7, 11) is 0. The zero-order valence-electron chi connectivity index (χ0n) is 12.6. The predicted octanol–water partition coefficient (Wildman–Crippen LogP) is 3.96. The van der Waals surface area contributed by atoms with Gasteiger partial charge in [-0.2, -0.15) is 0 Å². The molecule has 0 bridgehead atoms. The summed E-state index contributed by atoms with van der Waals surface area (Å²) in [6, 6.07) is 4.79. The van der Waals surface area contributed by atoms with Crippen LogP contribution in [0.4, 0.5) is 10.1 Å². The Morgan fingerprint density at radius 2 is 2.00 bits per heavy atom. The smallest absolute Gasteiger partial charge is 0.250 e. The molecule has 1 heterocycles. The molecule has 0 radical (unpaired) electrons. The van der Waals surface area contributed by atoms with Crippen molar-refractivity contribution in [3.63, 3.8) is 0 Å². The third-order valence-corrected chi connectivity index (χ3v) is 3.44. The van der Waals surface area contributed by atoms with E-state index in [1.54, 1.807) is 24.4 Å². The van der Waals surface area contributed by atoms with Crippen molar-refractivity contribution in [2.75, 3.05) is 13.1 Å². The molecule has 0 saturated heterocycles. The zero-order valence-corrected chi connectivity index (χ0v) is 12.6. The molecular weight excluding hydrogens is 267 g/mol. The highest BCUT2D eigenvalue weighted by molar-refractivity contribution is 6.02. The summed E-state index contributed by atoms with van der Waals surface area (Å²) >= 11 is 0. The first-order chi connectivity index (χ1) is 10.2. The molecule has 4 heteroatoms. The van der Waals surface area contributed by atoms with Crippen molar-refractivity contribution in [2.24, 2.45) is 4.99 Å². The largest absolute Gasteiger partial charge is 0.339 e. The second kappa shape index (κ2) is 7.16. The fraction of sp³-hybridized carbons (Fsp3) is 0.412. The summed E-state index contributed by atoms with van der Waals surface area (Å²) in [4.78, 5) is 18.7. The van der Waals surface area contributed by atoms with Gasteiger partial charge in [0.2, 0.25) is 5.91 Å². The molecule has 0 unspecified atom stereocenters. The Balaban J connectivity index is 2.33. The standard InChI is InChI=1S/C17H21FN2O/c1-3-10-20(11-4-2)17(21)13-8-9-19-16-7-5-6-15(18)14(16)12-13/h5-7,9,12H,3-4,8,10-11H2,1-2H3. The van der Waals surface area contributed by atoms with E-state index in [1.807, 2.05) is 18.7 Å². The van der Waals surface area contributed by atoms with E-state index in [0.29, 0.717) is 23.2 Å². The molecule has 1 aromatic carbocycles. The molecule has 112 valence electrons. The Labute approximate surface area is 125 Å². The Morgan fingerprint density at radius 1 is 1.29 bits per heavy atom. The number of carbonyl (C=O) groups is 1. The van der Waals surface area contributed by atoms with E-state index in [9.17, 15) is 9.18 Å². The molecule has 0 spiro atoms. The lowest BCUT2D eigenvalue weighted by molar-refractivity contribution is -0.127. The molecule has 0 saturated carbocycles. The van der Waals surface area contributed by atoms with Crippen LogP contribution < -0.4 is 0 Å². The van der Waals surface area contributed by atoms with Crippen LogP contribution in [0, 0.1) is 5.82 Å². The van der Waals surface area contributed by atoms with Gasteiger partial charge in [-0.15, -0.1) is 0 Å². The minimum atomic E-state index is -0.339. The van der Waals surface area contributed by atoms with Gasteiger partial charge in [0, 0.05) is 36.9 Å². The maximum atomic E-state index is 13.9. The van der Waals surface area contributed by atoms with E-state index < -0.39 is 0 Å². The van der Waals surface area contributed by atoms with Gasteiger partial charge < -0.3 is 4.90 Å². The maximum Gasteiger partial charge on any atom is 0.250 e. The molecule has 1 aliphatic heterocycles. The Kier molecular flexibility index (Phi) is 5.26. The third-order valence-electron chi connectivity index (χ3n) is 3.44. The van der Waals surface area contributed by atoms with Crippen molar-refractivity contribution in [3.8, 4) is 0 Å². The lowest BCUT2D eigenvalue weighted by Gasteiger charge is -2.22. The van der Waals surface area contributed by atoms with Gasteiger partial charge in [-0.05, 0) is 31.1 Å². The van der Waals surface area contributed by atoms with Crippen LogP contribution in [0.15, 0.2) is 28.8 Å². The second-order valence-corrected chi connectivity index (χ2v) is 5.15. The number of rotatable bonds is 5. The van der Waals surface area contributed by atoms with Gasteiger partial charge in [0.15, 0.2) is 0 Å². The number of fused-ring (bicyclic) bond motifs is 1. The first-order valence-electron chi connectivity index (χ1n) is 7.48. The van der Waals surface area contributed by atoms with E-state index in [2.05, 4.69) is 4.99 Å². The number of nitrogens with zero attached hydrogens (tertiary/aromatic N) is 2. The van der Waals surface area contributed by atoms with Crippen LogP contribution in [0.3, 0.4) is 0 Å². The molecular formula is C17H21FN2O. The van der Waals surface area contributed by atoms with Gasteiger partial charge in [-0.1, -0.05) is 19.9 Å². The van der Waals surface area contributed by atoms with Crippen LogP contribution in [-0.2, 0) is 4.79 Å². The van der Waals surface area contributed by atoms with Gasteiger partial charge in [0.25, 0.3) is 0 Å². The Bertz CT molecular complexity index is 572. The van der Waals surface area contributed by atoms with Crippen LogP contribution >= 0.6 is 0 Å². The van der Waals surface area contributed by atoms with E-state index >= 15 is 0 Å². The van der Waals surface area contributed by atoms with E-state index in [-0.39, 0.29) is 11.7 Å². The highest BCUT2D eigenvalue weighted by atomic mass is 19.1. The fourth-order valence-electron chi connectivity index (χ4n) is 2.46. The molecule has 0 fully saturated rings. The molecule has 2 rings (SSSR count). The summed E-state index contributed by atoms with van der Waals surface area (Å²) in [5.41, 5.74) is 1.59. The number of hydrogen-bond donors (Lipinski definition) is 0. The number of halogens is 1. The summed E-state index contributed by atoms with van der Waals surface area (Å²) in [5, 5.41) is 0. The second-order valence-electron chi connectivity index (χ2n) is 5.15. The highest BCUT2D eigenvalue weighted by Gasteiger charge is 2.19. The number of benzene rings is 1. The Morgan fingerprint density at radius 3 is 2.67 bits per heavy atom. The van der Waals surface area contributed by atoms with Crippen LogP contribution in [0.1, 0.15) is 38.7 Å². The Hall–Kier alpha value is -1.97. The summed E-state index contributed by atoms with van der Waals surface area (Å²) < 4.78 is 13.9. The van der Waals surface area contributed by atoms with Crippen molar-refractivity contribution in [3.05, 3.63) is 35.2 Å². The van der Waals surface area contributed by atoms with Crippen molar-refractivity contribution in [2.45, 2.75) is 33.1 Å². The number of aliphatic imine (C=N–C) groups is 1. The van der Waals surface area contributed by atoms with Crippen LogP contribution in [0.5, 0.6) is 0 Å². The topological polar surface area (TPSA) is 32.7 Å². The zero-order chi connectivity index (χ0) is 15.2. The van der Waals surface area contributed by atoms with Gasteiger partial charge >= 0.3 is 0 Å². The lowest BCUT2D eigenvalue weighted by atomic mass is 10.1. The van der Waals surface area contributed by atoms with Gasteiger partial charge in [0.05, 0.1) is 5.69 Å². The minimum Gasteiger partial charge on any atom is -0.339 e. The average Bonchev–Trinajstić information content (AvgIpc) is 2.70. The number of amides is 1. The molecule has 0 aliphatic carbocycles. The molecule has 1 aliphatic rings. The molecule has 0 N–H and O–H groups in total. The van der Waals surface area contributed by atoms with Crippen molar-refractivity contribution in [1.82, 2.24) is 4.90 Å². The fourth-order valence-corrected chi connectivity index (χ4v) is 2.46. The minimum absolute atomic E-state index is 0.0127. The lowest BCUT2D eigenvalue weighted by Crippen LogP contribution is -2.33. The highest BCUT2D eigenvalue weighted by Crippen LogP contribution is 2.28. The number of carbonyl (C=O) groups excluding carboxylic acids is 1. The average molecular weight is 288 g/mol. The first kappa shape index (κ1) is 15.4. The van der Waals surface area contributed by atoms with Crippen LogP contribution in [0.2, 0.25) is 0 Å². The maximum absolute atomic E-state index is 13.9. The summed E-state index contributed by atoms with van der Waals surface area (Å²) in [6.45, 7) is 5.55. The summed E-state index contributed by atoms with van der Waals surface area (Å²) in [5.74, 6) is -0.351. The van der Waals surface area contributed by atoms with Crippen molar-refractivity contribution < 1.29 is 9.18 Å². The molecule has 0 atom stereocenters. The van der Waals surface area contributed by atoms with Crippen LogP contribution in [0.25, 0.3) is 6.08 Å². The predicted molar refractivity (Wildman–Crippen MR) is 84.3 cm³/mol. The van der Waals surface area contributed by atoms with Gasteiger partial charge in [-0.3, -0.25) is 9.79 Å². The molecule has 1 amide bonds. The molecule has 21 heavy (non-hydrogen) atoms. The normalized spacial score (nSPS) is 13.4.